The van der Waals surface area contributed by atoms with Crippen molar-refractivity contribution in [1.29, 1.82) is 5.26 Å². The fourth-order valence-electron chi connectivity index (χ4n) is 4.18. The van der Waals surface area contributed by atoms with Gasteiger partial charge >= 0.3 is 0 Å². The van der Waals surface area contributed by atoms with Crippen molar-refractivity contribution in [3.8, 4) is 6.07 Å². The Hall–Kier alpha value is -1.90. The summed E-state index contributed by atoms with van der Waals surface area (Å²) in [5, 5.41) is 9.04. The van der Waals surface area contributed by atoms with Crippen LogP contribution in [0, 0.1) is 22.7 Å². The van der Waals surface area contributed by atoms with Gasteiger partial charge in [-0.3, -0.25) is 9.69 Å². The Morgan fingerprint density at radius 3 is 3.04 bits per heavy atom. The summed E-state index contributed by atoms with van der Waals surface area (Å²) in [4.78, 5) is 17.3. The Morgan fingerprint density at radius 1 is 1.46 bits per heavy atom. The lowest BCUT2D eigenvalue weighted by Crippen LogP contribution is -2.40. The minimum absolute atomic E-state index is 0.236. The molecule has 0 saturated carbocycles. The molecule has 2 saturated heterocycles. The quantitative estimate of drug-likeness (QED) is 0.828. The predicted octanol–water partition coefficient (Wildman–Crippen LogP) is 1.88. The third-order valence-corrected chi connectivity index (χ3v) is 5.55. The molecule has 2 atom stereocenters. The van der Waals surface area contributed by atoms with Crippen molar-refractivity contribution in [1.82, 2.24) is 9.80 Å². The highest BCUT2D eigenvalue weighted by atomic mass is 16.5. The topological polar surface area (TPSA) is 56.6 Å². The largest absolute Gasteiger partial charge is 0.383 e. The maximum absolute atomic E-state index is 12.9. The molecular formula is C19H25N3O2. The van der Waals surface area contributed by atoms with Gasteiger partial charge in [0.2, 0.25) is 5.91 Å². The molecule has 24 heavy (non-hydrogen) atoms. The highest BCUT2D eigenvalue weighted by molar-refractivity contribution is 5.86. The number of hydrogen-bond acceptors (Lipinski definition) is 4. The van der Waals surface area contributed by atoms with Gasteiger partial charge < -0.3 is 9.64 Å². The van der Waals surface area contributed by atoms with E-state index in [9.17, 15) is 4.79 Å². The lowest BCUT2D eigenvalue weighted by atomic mass is 9.78. The van der Waals surface area contributed by atoms with Crippen LogP contribution in [0.3, 0.4) is 0 Å². The average Bonchev–Trinajstić information content (AvgIpc) is 3.07. The normalized spacial score (nSPS) is 27.1. The van der Waals surface area contributed by atoms with E-state index in [4.69, 9.17) is 10.00 Å². The highest BCUT2D eigenvalue weighted by Crippen LogP contribution is 2.44. The molecule has 0 bridgehead atoms. The van der Waals surface area contributed by atoms with Gasteiger partial charge in [-0.2, -0.15) is 5.26 Å². The second-order valence-corrected chi connectivity index (χ2v) is 7.07. The van der Waals surface area contributed by atoms with Crippen LogP contribution in [-0.2, 0) is 16.1 Å². The molecule has 5 heteroatoms. The second kappa shape index (κ2) is 6.92. The molecule has 5 nitrogen and oxygen atoms in total. The zero-order valence-electron chi connectivity index (χ0n) is 14.5. The molecule has 2 fully saturated rings. The molecule has 1 amide bonds. The first kappa shape index (κ1) is 16.9. The monoisotopic (exact) mass is 327 g/mol. The van der Waals surface area contributed by atoms with Gasteiger partial charge in [-0.15, -0.1) is 0 Å². The van der Waals surface area contributed by atoms with E-state index in [1.807, 2.05) is 23.1 Å². The van der Waals surface area contributed by atoms with E-state index < -0.39 is 0 Å². The third kappa shape index (κ3) is 3.04. The first-order valence-corrected chi connectivity index (χ1v) is 8.59. The molecule has 0 unspecified atom stereocenters. The number of nitriles is 1. The fraction of sp³-hybridized carbons (Fsp3) is 0.579. The predicted molar refractivity (Wildman–Crippen MR) is 91.1 cm³/mol. The Bertz CT molecular complexity index is 654. The van der Waals surface area contributed by atoms with Crippen LogP contribution in [0.1, 0.15) is 24.5 Å². The molecule has 2 aliphatic heterocycles. The van der Waals surface area contributed by atoms with E-state index in [2.05, 4.69) is 24.0 Å². The average molecular weight is 327 g/mol. The fourth-order valence-corrected chi connectivity index (χ4v) is 4.18. The lowest BCUT2D eigenvalue weighted by Gasteiger charge is -2.26. The third-order valence-electron chi connectivity index (χ3n) is 5.55. The summed E-state index contributed by atoms with van der Waals surface area (Å²) in [6, 6.07) is 9.94. The van der Waals surface area contributed by atoms with E-state index in [0.717, 1.165) is 38.2 Å². The molecule has 1 aromatic rings. The van der Waals surface area contributed by atoms with E-state index in [1.165, 1.54) is 0 Å². The van der Waals surface area contributed by atoms with Crippen LogP contribution >= 0.6 is 0 Å². The number of rotatable bonds is 5. The number of nitrogens with zero attached hydrogens (tertiary/aromatic N) is 3. The number of amides is 1. The molecule has 128 valence electrons. The van der Waals surface area contributed by atoms with Gasteiger partial charge in [-0.25, -0.2) is 0 Å². The van der Waals surface area contributed by atoms with Gasteiger partial charge in [-0.05, 0) is 30.0 Å². The van der Waals surface area contributed by atoms with Crippen LogP contribution in [0.25, 0.3) is 0 Å². The zero-order chi connectivity index (χ0) is 17.2. The number of ether oxygens (including phenoxy) is 1. The highest BCUT2D eigenvalue weighted by Gasteiger charge is 2.54. The van der Waals surface area contributed by atoms with E-state index in [1.54, 1.807) is 7.11 Å². The molecule has 1 aromatic carbocycles. The zero-order valence-corrected chi connectivity index (χ0v) is 14.5. The first-order valence-electron chi connectivity index (χ1n) is 8.59. The number of hydrogen-bond donors (Lipinski definition) is 0. The van der Waals surface area contributed by atoms with Crippen LogP contribution in [0.5, 0.6) is 0 Å². The molecule has 0 radical (unpaired) electrons. The number of likely N-dealkylation sites (tertiary alicyclic amines) is 2. The van der Waals surface area contributed by atoms with Gasteiger partial charge in [0.25, 0.3) is 0 Å². The number of benzene rings is 1. The van der Waals surface area contributed by atoms with Crippen molar-refractivity contribution in [3.05, 3.63) is 35.4 Å². The molecule has 2 heterocycles. The van der Waals surface area contributed by atoms with E-state index >= 15 is 0 Å². The minimum atomic E-state index is -0.236. The van der Waals surface area contributed by atoms with Crippen LogP contribution in [-0.4, -0.2) is 55.6 Å². The van der Waals surface area contributed by atoms with Crippen molar-refractivity contribution in [2.24, 2.45) is 11.3 Å². The van der Waals surface area contributed by atoms with Gasteiger partial charge in [-0.1, -0.05) is 19.1 Å². The van der Waals surface area contributed by atoms with Crippen LogP contribution in [0.15, 0.2) is 24.3 Å². The van der Waals surface area contributed by atoms with E-state index in [-0.39, 0.29) is 5.41 Å². The smallest absolute Gasteiger partial charge is 0.230 e. The van der Waals surface area contributed by atoms with Crippen molar-refractivity contribution >= 4 is 5.91 Å². The minimum Gasteiger partial charge on any atom is -0.383 e. The van der Waals surface area contributed by atoms with E-state index in [0.29, 0.717) is 30.5 Å². The Kier molecular flexibility index (Phi) is 4.88. The molecule has 0 aliphatic carbocycles. The van der Waals surface area contributed by atoms with Gasteiger partial charge in [0.1, 0.15) is 0 Å². The molecular weight excluding hydrogens is 302 g/mol. The summed E-state index contributed by atoms with van der Waals surface area (Å²) in [6.45, 7) is 6.86. The Morgan fingerprint density at radius 2 is 2.29 bits per heavy atom. The SMILES string of the molecule is COCCN1CC[C@]2(CN(Cc3cccc(C#N)c3)C[C@H]2C)C1=O. The second-order valence-electron chi connectivity index (χ2n) is 7.07. The summed E-state index contributed by atoms with van der Waals surface area (Å²) in [5.41, 5.74) is 1.60. The molecule has 3 rings (SSSR count). The standard InChI is InChI=1S/C19H25N3O2/c1-15-12-21(13-17-5-3-4-16(10-17)11-20)14-19(15)6-7-22(18(19)23)8-9-24-2/h3-5,10,15H,6-9,12-14H2,1-2H3/t15-,19-/m1/s1. The number of carbonyl (C=O) groups is 1. The maximum Gasteiger partial charge on any atom is 0.230 e. The first-order chi connectivity index (χ1) is 11.6. The summed E-state index contributed by atoms with van der Waals surface area (Å²) in [6.07, 6.45) is 0.936. The molecule has 0 N–H and O–H groups in total. The van der Waals surface area contributed by atoms with Crippen molar-refractivity contribution in [2.75, 3.05) is 39.9 Å². The van der Waals surface area contributed by atoms with Crippen molar-refractivity contribution in [2.45, 2.75) is 19.9 Å². The van der Waals surface area contributed by atoms with Crippen molar-refractivity contribution < 1.29 is 9.53 Å². The van der Waals surface area contributed by atoms with Crippen LogP contribution in [0.2, 0.25) is 0 Å². The number of methoxy groups -OCH3 is 1. The van der Waals surface area contributed by atoms with Crippen molar-refractivity contribution in [3.63, 3.8) is 0 Å². The Balaban J connectivity index is 1.68. The van der Waals surface area contributed by atoms with Gasteiger partial charge in [0, 0.05) is 39.8 Å². The number of carbonyl (C=O) groups excluding carboxylic acids is 1. The summed E-state index contributed by atoms with van der Waals surface area (Å²) >= 11 is 0. The maximum atomic E-state index is 12.9. The molecule has 2 aliphatic rings. The Labute approximate surface area is 143 Å². The van der Waals surface area contributed by atoms with Crippen LogP contribution in [0.4, 0.5) is 0 Å². The summed E-state index contributed by atoms with van der Waals surface area (Å²) in [7, 11) is 1.67. The van der Waals surface area contributed by atoms with Gasteiger partial charge in [0.15, 0.2) is 0 Å². The lowest BCUT2D eigenvalue weighted by molar-refractivity contribution is -0.137. The summed E-state index contributed by atoms with van der Waals surface area (Å²) < 4.78 is 5.12. The van der Waals surface area contributed by atoms with Gasteiger partial charge in [0.05, 0.1) is 23.7 Å². The van der Waals surface area contributed by atoms with Crippen LogP contribution < -0.4 is 0 Å². The molecule has 0 aromatic heterocycles. The summed E-state index contributed by atoms with van der Waals surface area (Å²) in [5.74, 6) is 0.650. The molecule has 1 spiro atoms.